The Morgan fingerprint density at radius 2 is 1.89 bits per heavy atom. The second-order valence-corrected chi connectivity index (χ2v) is 9.82. The number of halogens is 2. The molecule has 1 fully saturated rings. The summed E-state index contributed by atoms with van der Waals surface area (Å²) in [6, 6.07) is 14.2. The molecule has 8 heteroatoms. The summed E-state index contributed by atoms with van der Waals surface area (Å²) in [5.41, 5.74) is 5.53. The van der Waals surface area contributed by atoms with Crippen LogP contribution in [0.5, 0.6) is 5.75 Å². The number of hydrogen-bond donors (Lipinski definition) is 1. The molecule has 1 saturated carbocycles. The Bertz CT molecular complexity index is 1200. The monoisotopic (exact) mass is 492 g/mol. The van der Waals surface area contributed by atoms with Gasteiger partial charge in [0.05, 0.1) is 25.0 Å². The van der Waals surface area contributed by atoms with Crippen LogP contribution in [0.25, 0.3) is 0 Å². The number of carbonyl (C=O) groups is 1. The fourth-order valence-electron chi connectivity index (χ4n) is 4.61. The zero-order valence-electron chi connectivity index (χ0n) is 20.3. The lowest BCUT2D eigenvalue weighted by molar-refractivity contribution is -0.121. The van der Waals surface area contributed by atoms with Crippen molar-refractivity contribution in [1.82, 2.24) is 20.2 Å². The SMILES string of the molecule is C[C@H](NC(=O)Cc1cncnc1)c1ccc(CN2CCc3cc(OC[C@@H]4CC4(F)F)ccc3C2)cc1. The molecule has 1 amide bonds. The number of rotatable bonds is 9. The number of amides is 1. The molecule has 5 rings (SSSR count). The molecule has 0 spiro atoms. The zero-order valence-corrected chi connectivity index (χ0v) is 20.3. The van der Waals surface area contributed by atoms with Crippen molar-refractivity contribution in [3.63, 3.8) is 0 Å². The molecule has 3 aromatic rings. The first-order valence-electron chi connectivity index (χ1n) is 12.3. The highest BCUT2D eigenvalue weighted by atomic mass is 19.3. The van der Waals surface area contributed by atoms with E-state index in [0.717, 1.165) is 37.2 Å². The fourth-order valence-corrected chi connectivity index (χ4v) is 4.61. The summed E-state index contributed by atoms with van der Waals surface area (Å²) in [6.07, 6.45) is 5.84. The molecular weight excluding hydrogens is 462 g/mol. The number of alkyl halides is 2. The summed E-state index contributed by atoms with van der Waals surface area (Å²) >= 11 is 0. The number of nitrogens with one attached hydrogen (secondary N) is 1. The van der Waals surface area contributed by atoms with E-state index < -0.39 is 11.8 Å². The third kappa shape index (κ3) is 6.05. The van der Waals surface area contributed by atoms with Gasteiger partial charge >= 0.3 is 0 Å². The number of benzene rings is 2. The third-order valence-electron chi connectivity index (χ3n) is 6.92. The Balaban J connectivity index is 1.11. The van der Waals surface area contributed by atoms with Crippen molar-refractivity contribution in [1.29, 1.82) is 0 Å². The van der Waals surface area contributed by atoms with Crippen LogP contribution in [-0.2, 0) is 30.7 Å². The van der Waals surface area contributed by atoms with E-state index in [0.29, 0.717) is 5.75 Å². The first kappa shape index (κ1) is 24.3. The van der Waals surface area contributed by atoms with Crippen molar-refractivity contribution in [2.45, 2.75) is 51.2 Å². The van der Waals surface area contributed by atoms with Crippen LogP contribution < -0.4 is 10.1 Å². The maximum atomic E-state index is 13.1. The van der Waals surface area contributed by atoms with Gasteiger partial charge in [0.1, 0.15) is 12.1 Å². The second kappa shape index (κ2) is 10.3. The van der Waals surface area contributed by atoms with Crippen LogP contribution in [0.1, 0.15) is 47.2 Å². The minimum atomic E-state index is -2.54. The predicted octanol–water partition coefficient (Wildman–Crippen LogP) is 4.49. The van der Waals surface area contributed by atoms with Gasteiger partial charge in [0.25, 0.3) is 5.92 Å². The van der Waals surface area contributed by atoms with Gasteiger partial charge in [-0.25, -0.2) is 18.7 Å². The highest BCUT2D eigenvalue weighted by Gasteiger charge is 2.57. The fraction of sp³-hybridized carbons (Fsp3) is 0.393. The van der Waals surface area contributed by atoms with Crippen molar-refractivity contribution >= 4 is 5.91 Å². The van der Waals surface area contributed by atoms with Gasteiger partial charge in [-0.1, -0.05) is 30.3 Å². The number of fused-ring (bicyclic) bond motifs is 1. The van der Waals surface area contributed by atoms with E-state index in [-0.39, 0.29) is 31.4 Å². The van der Waals surface area contributed by atoms with Crippen molar-refractivity contribution in [3.8, 4) is 5.75 Å². The van der Waals surface area contributed by atoms with E-state index in [9.17, 15) is 13.6 Å². The maximum Gasteiger partial charge on any atom is 0.255 e. The maximum absolute atomic E-state index is 13.1. The zero-order chi connectivity index (χ0) is 25.1. The molecule has 0 unspecified atom stereocenters. The highest BCUT2D eigenvalue weighted by Crippen LogP contribution is 2.48. The van der Waals surface area contributed by atoms with E-state index in [2.05, 4.69) is 50.5 Å². The summed E-state index contributed by atoms with van der Waals surface area (Å²) in [6.45, 7) is 4.66. The Kier molecular flexibility index (Phi) is 6.96. The molecule has 1 aromatic heterocycles. The van der Waals surface area contributed by atoms with Gasteiger partial charge < -0.3 is 10.1 Å². The molecule has 2 aromatic carbocycles. The lowest BCUT2D eigenvalue weighted by Crippen LogP contribution is -2.30. The summed E-state index contributed by atoms with van der Waals surface area (Å²) in [7, 11) is 0. The number of carbonyl (C=O) groups excluding carboxylic acids is 1. The van der Waals surface area contributed by atoms with Crippen molar-refractivity contribution in [2.75, 3.05) is 13.2 Å². The van der Waals surface area contributed by atoms with E-state index >= 15 is 0 Å². The summed E-state index contributed by atoms with van der Waals surface area (Å²) in [5, 5.41) is 3.03. The minimum absolute atomic E-state index is 0.0626. The van der Waals surface area contributed by atoms with Crippen molar-refractivity contribution in [2.24, 2.45) is 5.92 Å². The van der Waals surface area contributed by atoms with Gasteiger partial charge in [-0.05, 0) is 53.3 Å². The largest absolute Gasteiger partial charge is 0.493 e. The van der Waals surface area contributed by atoms with Crippen molar-refractivity contribution < 1.29 is 18.3 Å². The third-order valence-corrected chi connectivity index (χ3v) is 6.92. The van der Waals surface area contributed by atoms with Crippen molar-refractivity contribution in [3.05, 3.63) is 89.0 Å². The van der Waals surface area contributed by atoms with Crippen LogP contribution in [0.15, 0.2) is 61.2 Å². The molecule has 1 N–H and O–H groups in total. The Labute approximate surface area is 209 Å². The quantitative estimate of drug-likeness (QED) is 0.477. The molecule has 2 heterocycles. The first-order valence-corrected chi connectivity index (χ1v) is 12.3. The minimum Gasteiger partial charge on any atom is -0.493 e. The molecule has 2 atom stereocenters. The van der Waals surface area contributed by atoms with Crippen LogP contribution in [-0.4, -0.2) is 39.8 Å². The van der Waals surface area contributed by atoms with Crippen LogP contribution in [0.2, 0.25) is 0 Å². The molecule has 1 aliphatic heterocycles. The molecule has 6 nitrogen and oxygen atoms in total. The van der Waals surface area contributed by atoms with Gasteiger partial charge in [0.15, 0.2) is 0 Å². The molecule has 1 aliphatic carbocycles. The van der Waals surface area contributed by atoms with E-state index in [4.69, 9.17) is 4.74 Å². The van der Waals surface area contributed by atoms with E-state index in [1.807, 2.05) is 19.1 Å². The Morgan fingerprint density at radius 3 is 2.61 bits per heavy atom. The number of aromatic nitrogens is 2. The first-order chi connectivity index (χ1) is 17.4. The van der Waals surface area contributed by atoms with Crippen LogP contribution in [0.4, 0.5) is 8.78 Å². The smallest absolute Gasteiger partial charge is 0.255 e. The van der Waals surface area contributed by atoms with Crippen LogP contribution >= 0.6 is 0 Å². The topological polar surface area (TPSA) is 67.4 Å². The normalized spacial score (nSPS) is 19.2. The summed E-state index contributed by atoms with van der Waals surface area (Å²) in [5.74, 6) is -2.57. The number of ether oxygens (including phenoxy) is 1. The Hall–Kier alpha value is -3.39. The van der Waals surface area contributed by atoms with E-state index in [1.165, 1.54) is 23.0 Å². The average Bonchev–Trinajstić information content (AvgIpc) is 3.49. The molecule has 188 valence electrons. The van der Waals surface area contributed by atoms with Crippen LogP contribution in [0.3, 0.4) is 0 Å². The van der Waals surface area contributed by atoms with Gasteiger partial charge in [-0.2, -0.15) is 0 Å². The van der Waals surface area contributed by atoms with Crippen LogP contribution in [0, 0.1) is 5.92 Å². The van der Waals surface area contributed by atoms with Gasteiger partial charge in [-0.3, -0.25) is 9.69 Å². The highest BCUT2D eigenvalue weighted by molar-refractivity contribution is 5.78. The summed E-state index contributed by atoms with van der Waals surface area (Å²) in [4.78, 5) is 22.6. The molecule has 2 aliphatic rings. The van der Waals surface area contributed by atoms with Gasteiger partial charge in [-0.15, -0.1) is 0 Å². The lowest BCUT2D eigenvalue weighted by atomic mass is 9.98. The molecule has 36 heavy (non-hydrogen) atoms. The predicted molar refractivity (Wildman–Crippen MR) is 132 cm³/mol. The van der Waals surface area contributed by atoms with Gasteiger partial charge in [0, 0.05) is 38.4 Å². The lowest BCUT2D eigenvalue weighted by Gasteiger charge is -2.29. The molecule has 0 saturated heterocycles. The average molecular weight is 493 g/mol. The summed E-state index contributed by atoms with van der Waals surface area (Å²) < 4.78 is 31.8. The standard InChI is InChI=1S/C28H30F2N4O2/c1-19(33-27(35)10-21-13-31-18-32-14-21)22-4-2-20(3-5-22)15-34-9-8-23-11-26(7-6-24(23)16-34)36-17-25-12-28(25,29)30/h2-7,11,13-14,18-19,25H,8-10,12,15-17H2,1H3,(H,33,35)/t19-,25-/m0/s1. The molecular formula is C28H30F2N4O2. The van der Waals surface area contributed by atoms with Gasteiger partial charge in [0.2, 0.25) is 5.91 Å². The number of nitrogens with zero attached hydrogens (tertiary/aromatic N) is 3. The Morgan fingerprint density at radius 1 is 1.14 bits per heavy atom. The molecule has 0 bridgehead atoms. The second-order valence-electron chi connectivity index (χ2n) is 9.82. The molecule has 0 radical (unpaired) electrons. The van der Waals surface area contributed by atoms with E-state index in [1.54, 1.807) is 12.4 Å². The number of hydrogen-bond acceptors (Lipinski definition) is 5.